The first-order chi connectivity index (χ1) is 13.9. The zero-order valence-corrected chi connectivity index (χ0v) is 16.3. The molecule has 0 spiro atoms. The molecule has 10 heteroatoms. The monoisotopic (exact) mass is 424 g/mol. The van der Waals surface area contributed by atoms with Crippen LogP contribution in [0.3, 0.4) is 0 Å². The van der Waals surface area contributed by atoms with E-state index in [1.807, 2.05) is 35.1 Å². The number of hydrogen-bond acceptors (Lipinski definition) is 5. The van der Waals surface area contributed by atoms with Gasteiger partial charge >= 0.3 is 6.18 Å². The van der Waals surface area contributed by atoms with Crippen LogP contribution < -0.4 is 10.1 Å². The van der Waals surface area contributed by atoms with Crippen LogP contribution in [0.1, 0.15) is 28.6 Å². The fraction of sp³-hybridized carbons (Fsp3) is 0.316. The van der Waals surface area contributed by atoms with Crippen LogP contribution in [0.25, 0.3) is 5.65 Å². The summed E-state index contributed by atoms with van der Waals surface area (Å²) in [5, 5.41) is 11.3. The molecule has 1 unspecified atom stereocenters. The van der Waals surface area contributed by atoms with Crippen molar-refractivity contribution in [2.45, 2.75) is 18.6 Å². The molecule has 3 aromatic rings. The van der Waals surface area contributed by atoms with Crippen LogP contribution in [0.2, 0.25) is 0 Å². The maximum Gasteiger partial charge on any atom is 0.422 e. The quantitative estimate of drug-likeness (QED) is 0.594. The molecule has 0 bridgehead atoms. The zero-order valence-electron chi connectivity index (χ0n) is 15.5. The van der Waals surface area contributed by atoms with Gasteiger partial charge < -0.3 is 10.1 Å². The Labute approximate surface area is 169 Å². The summed E-state index contributed by atoms with van der Waals surface area (Å²) in [6.45, 7) is -1.38. The van der Waals surface area contributed by atoms with Crippen LogP contribution in [0.4, 0.5) is 13.2 Å². The van der Waals surface area contributed by atoms with E-state index in [0.717, 1.165) is 5.75 Å². The van der Waals surface area contributed by atoms with Crippen LogP contribution in [0.5, 0.6) is 5.75 Å². The van der Waals surface area contributed by atoms with Crippen LogP contribution in [-0.2, 0) is 0 Å². The minimum Gasteiger partial charge on any atom is -0.484 e. The molecule has 3 rings (SSSR count). The summed E-state index contributed by atoms with van der Waals surface area (Å²) in [4.78, 5) is 12.7. The normalized spacial score (nSPS) is 12.7. The van der Waals surface area contributed by atoms with Gasteiger partial charge in [0.05, 0.1) is 6.04 Å². The van der Waals surface area contributed by atoms with E-state index in [4.69, 9.17) is 0 Å². The number of rotatable bonds is 8. The number of carbonyl (C=O) groups excluding carboxylic acids is 1. The number of halogens is 3. The molecule has 1 amide bonds. The maximum absolute atomic E-state index is 12.7. The first-order valence-electron chi connectivity index (χ1n) is 8.76. The molecule has 0 aliphatic heterocycles. The molecule has 0 saturated carbocycles. The molecule has 29 heavy (non-hydrogen) atoms. The Kier molecular flexibility index (Phi) is 6.63. The molecule has 0 saturated heterocycles. The average molecular weight is 424 g/mol. The highest BCUT2D eigenvalue weighted by Crippen LogP contribution is 2.21. The van der Waals surface area contributed by atoms with E-state index in [1.165, 1.54) is 24.3 Å². The average Bonchev–Trinajstić information content (AvgIpc) is 3.13. The van der Waals surface area contributed by atoms with Crippen molar-refractivity contribution in [1.82, 2.24) is 19.9 Å². The lowest BCUT2D eigenvalue weighted by atomic mass is 10.1. The molecule has 0 fully saturated rings. The van der Waals surface area contributed by atoms with Crippen molar-refractivity contribution in [3.05, 3.63) is 60.0 Å². The number of hydrogen-bond donors (Lipinski definition) is 1. The first-order valence-corrected chi connectivity index (χ1v) is 10.2. The third kappa shape index (κ3) is 5.63. The predicted octanol–water partition coefficient (Wildman–Crippen LogP) is 3.89. The predicted molar refractivity (Wildman–Crippen MR) is 104 cm³/mol. The molecule has 1 atom stereocenters. The molecule has 6 nitrogen and oxygen atoms in total. The van der Waals surface area contributed by atoms with Crippen molar-refractivity contribution >= 4 is 23.3 Å². The van der Waals surface area contributed by atoms with E-state index in [2.05, 4.69) is 20.3 Å². The number of aromatic nitrogens is 3. The van der Waals surface area contributed by atoms with Gasteiger partial charge in [0, 0.05) is 11.8 Å². The summed E-state index contributed by atoms with van der Waals surface area (Å²) in [6.07, 6.45) is 0.0348. The lowest BCUT2D eigenvalue weighted by Gasteiger charge is -2.17. The molecule has 154 valence electrons. The summed E-state index contributed by atoms with van der Waals surface area (Å²) >= 11 is 1.65. The highest BCUT2D eigenvalue weighted by Gasteiger charge is 2.28. The van der Waals surface area contributed by atoms with Crippen molar-refractivity contribution < 1.29 is 22.7 Å². The van der Waals surface area contributed by atoms with Gasteiger partial charge in [0.1, 0.15) is 5.75 Å². The van der Waals surface area contributed by atoms with E-state index in [0.29, 0.717) is 23.5 Å². The number of nitrogens with zero attached hydrogens (tertiary/aromatic N) is 3. The summed E-state index contributed by atoms with van der Waals surface area (Å²) in [6, 6.07) is 10.7. The van der Waals surface area contributed by atoms with Crippen LogP contribution in [0, 0.1) is 0 Å². The van der Waals surface area contributed by atoms with E-state index in [-0.39, 0.29) is 17.7 Å². The SMILES string of the molecule is CSCCC(NC(=O)c1ccc(OCC(F)(F)F)cc1)c1nnc2ccccn12. The Hall–Kier alpha value is -2.75. The van der Waals surface area contributed by atoms with E-state index >= 15 is 0 Å². The molecule has 0 aliphatic rings. The fourth-order valence-electron chi connectivity index (χ4n) is 2.71. The van der Waals surface area contributed by atoms with Crippen molar-refractivity contribution in [3.8, 4) is 5.75 Å². The highest BCUT2D eigenvalue weighted by molar-refractivity contribution is 7.98. The third-order valence-electron chi connectivity index (χ3n) is 4.09. The van der Waals surface area contributed by atoms with Crippen LogP contribution in [-0.4, -0.2) is 45.3 Å². The Balaban J connectivity index is 1.73. The van der Waals surface area contributed by atoms with Gasteiger partial charge in [0.25, 0.3) is 5.91 Å². The molecular formula is C19H19F3N4O2S. The topological polar surface area (TPSA) is 68.5 Å². The number of benzene rings is 1. The zero-order chi connectivity index (χ0) is 20.9. The van der Waals surface area contributed by atoms with Gasteiger partial charge in [0.2, 0.25) is 0 Å². The molecule has 2 heterocycles. The molecule has 0 aliphatic carbocycles. The van der Waals surface area contributed by atoms with Crippen molar-refractivity contribution in [2.24, 2.45) is 0 Å². The molecule has 0 radical (unpaired) electrons. The lowest BCUT2D eigenvalue weighted by molar-refractivity contribution is -0.153. The van der Waals surface area contributed by atoms with Crippen LogP contribution in [0.15, 0.2) is 48.7 Å². The third-order valence-corrected chi connectivity index (χ3v) is 4.73. The summed E-state index contributed by atoms with van der Waals surface area (Å²) in [5.74, 6) is 1.11. The Morgan fingerprint density at radius 1 is 1.21 bits per heavy atom. The Bertz CT molecular complexity index is 960. The number of alkyl halides is 3. The number of pyridine rings is 1. The minimum absolute atomic E-state index is 0.0428. The summed E-state index contributed by atoms with van der Waals surface area (Å²) in [7, 11) is 0. The number of thioether (sulfide) groups is 1. The maximum atomic E-state index is 12.7. The smallest absolute Gasteiger partial charge is 0.422 e. The van der Waals surface area contributed by atoms with Crippen molar-refractivity contribution in [2.75, 3.05) is 18.6 Å². The van der Waals surface area contributed by atoms with Gasteiger partial charge in [-0.25, -0.2) is 0 Å². The number of carbonyl (C=O) groups is 1. The number of nitrogens with one attached hydrogen (secondary N) is 1. The van der Waals surface area contributed by atoms with Gasteiger partial charge in [-0.1, -0.05) is 6.07 Å². The van der Waals surface area contributed by atoms with Crippen molar-refractivity contribution in [3.63, 3.8) is 0 Å². The molecular weight excluding hydrogens is 405 g/mol. The van der Waals surface area contributed by atoms with Gasteiger partial charge in [-0.15, -0.1) is 10.2 Å². The van der Waals surface area contributed by atoms with Crippen molar-refractivity contribution in [1.29, 1.82) is 0 Å². The standard InChI is InChI=1S/C19H19F3N4O2S/c1-29-11-9-15(17-25-24-16-4-2-3-10-26(16)17)23-18(27)13-5-7-14(8-6-13)28-12-19(20,21)22/h2-8,10,15H,9,11-12H2,1H3,(H,23,27). The van der Waals surface area contributed by atoms with E-state index < -0.39 is 12.8 Å². The first kappa shape index (κ1) is 21.0. The summed E-state index contributed by atoms with van der Waals surface area (Å²) in [5.41, 5.74) is 0.990. The van der Waals surface area contributed by atoms with Crippen LogP contribution >= 0.6 is 11.8 Å². The molecule has 1 N–H and O–H groups in total. The highest BCUT2D eigenvalue weighted by atomic mass is 32.2. The largest absolute Gasteiger partial charge is 0.484 e. The van der Waals surface area contributed by atoms with Gasteiger partial charge in [0.15, 0.2) is 18.1 Å². The Morgan fingerprint density at radius 2 is 1.97 bits per heavy atom. The van der Waals surface area contributed by atoms with Gasteiger partial charge in [-0.05, 0) is 54.8 Å². The van der Waals surface area contributed by atoms with Gasteiger partial charge in [-0.2, -0.15) is 24.9 Å². The summed E-state index contributed by atoms with van der Waals surface area (Å²) < 4.78 is 43.2. The second kappa shape index (κ2) is 9.17. The number of ether oxygens (including phenoxy) is 1. The lowest BCUT2D eigenvalue weighted by Crippen LogP contribution is -2.30. The van der Waals surface area contributed by atoms with E-state index in [1.54, 1.807) is 11.8 Å². The second-order valence-electron chi connectivity index (χ2n) is 6.22. The number of fused-ring (bicyclic) bond motifs is 1. The molecule has 2 aromatic heterocycles. The molecule has 1 aromatic carbocycles. The van der Waals surface area contributed by atoms with E-state index in [9.17, 15) is 18.0 Å². The van der Waals surface area contributed by atoms with Gasteiger partial charge in [-0.3, -0.25) is 9.20 Å². The fourth-order valence-corrected chi connectivity index (χ4v) is 3.18. The number of amides is 1. The minimum atomic E-state index is -4.42. The Morgan fingerprint density at radius 3 is 2.66 bits per heavy atom. The second-order valence-corrected chi connectivity index (χ2v) is 7.21.